The molecule has 1 aromatic heterocycles. The lowest BCUT2D eigenvalue weighted by Crippen LogP contribution is -2.58. The lowest BCUT2D eigenvalue weighted by molar-refractivity contribution is 0.119. The van der Waals surface area contributed by atoms with Gasteiger partial charge in [0.1, 0.15) is 0 Å². The van der Waals surface area contributed by atoms with Gasteiger partial charge in [0, 0.05) is 54.7 Å². The highest BCUT2D eigenvalue weighted by Gasteiger charge is 2.39. The van der Waals surface area contributed by atoms with Gasteiger partial charge < -0.3 is 14.8 Å². The van der Waals surface area contributed by atoms with Crippen molar-refractivity contribution in [1.29, 1.82) is 0 Å². The number of likely N-dealkylation sites (N-methyl/N-ethyl adjacent to an activating group) is 1. The number of hydrazine groups is 1. The Hall–Kier alpha value is -2.05. The van der Waals surface area contributed by atoms with Gasteiger partial charge in [0.2, 0.25) is 0 Å². The zero-order valence-corrected chi connectivity index (χ0v) is 15.9. The Labute approximate surface area is 154 Å². The molecular weight excluding hydrogens is 326 g/mol. The summed E-state index contributed by atoms with van der Waals surface area (Å²) in [6.45, 7) is 6.38. The predicted octanol–water partition coefficient (Wildman–Crippen LogP) is 2.44. The summed E-state index contributed by atoms with van der Waals surface area (Å²) < 4.78 is 0. The van der Waals surface area contributed by atoms with E-state index in [0.717, 1.165) is 32.5 Å². The monoisotopic (exact) mass is 355 g/mol. The van der Waals surface area contributed by atoms with E-state index in [2.05, 4.69) is 52.2 Å². The molecule has 3 atom stereocenters. The number of carbonyl (C=O) groups excluding carboxylic acids is 1. The Morgan fingerprint density at radius 1 is 1.35 bits per heavy atom. The standard InChI is InChI=1S/C20H29N5O/c1-4-25(5-2)20(26)23-22-14-10-16-15-7-6-8-17-19(15)13(11-21-17)9-18(16)24(3)12-14/h6-8,11,14,16,18,21-22H,4-5,9-10,12H2,1-3H3,(H,23,26)/t14-,16+,18+/m0/s1. The lowest BCUT2D eigenvalue weighted by atomic mass is 9.74. The Morgan fingerprint density at radius 2 is 2.15 bits per heavy atom. The number of aromatic nitrogens is 1. The Balaban J connectivity index is 1.51. The number of benzene rings is 1. The molecule has 3 N–H and O–H groups in total. The van der Waals surface area contributed by atoms with Crippen LogP contribution in [0, 0.1) is 0 Å². The van der Waals surface area contributed by atoms with E-state index < -0.39 is 0 Å². The number of nitrogens with one attached hydrogen (secondary N) is 3. The van der Waals surface area contributed by atoms with Crippen LogP contribution in [0.2, 0.25) is 0 Å². The van der Waals surface area contributed by atoms with Gasteiger partial charge in [-0.1, -0.05) is 12.1 Å². The quantitative estimate of drug-likeness (QED) is 0.738. The number of piperidine rings is 1. The molecule has 4 rings (SSSR count). The van der Waals surface area contributed by atoms with Crippen molar-refractivity contribution in [3.05, 3.63) is 35.5 Å². The summed E-state index contributed by atoms with van der Waals surface area (Å²) in [6.07, 6.45) is 4.31. The molecule has 140 valence electrons. The first-order chi connectivity index (χ1) is 12.6. The second-order valence-corrected chi connectivity index (χ2v) is 7.58. The van der Waals surface area contributed by atoms with E-state index >= 15 is 0 Å². The summed E-state index contributed by atoms with van der Waals surface area (Å²) in [6, 6.07) is 7.33. The molecule has 2 aliphatic rings. The molecule has 1 fully saturated rings. The van der Waals surface area contributed by atoms with Crippen LogP contribution in [0.1, 0.15) is 37.3 Å². The fraction of sp³-hybridized carbons (Fsp3) is 0.550. The van der Waals surface area contributed by atoms with E-state index in [0.29, 0.717) is 12.0 Å². The molecule has 2 aromatic rings. The minimum Gasteiger partial charge on any atom is -0.361 e. The molecule has 1 aliphatic heterocycles. The molecule has 0 radical (unpaired) electrons. The summed E-state index contributed by atoms with van der Waals surface area (Å²) >= 11 is 0. The topological polar surface area (TPSA) is 63.4 Å². The normalized spacial score (nSPS) is 25.1. The third-order valence-corrected chi connectivity index (χ3v) is 6.16. The van der Waals surface area contributed by atoms with Gasteiger partial charge in [0.15, 0.2) is 0 Å². The van der Waals surface area contributed by atoms with Gasteiger partial charge in [0.25, 0.3) is 0 Å². The van der Waals surface area contributed by atoms with Crippen molar-refractivity contribution >= 4 is 16.9 Å². The molecular formula is C20H29N5O. The summed E-state index contributed by atoms with van der Waals surface area (Å²) in [5.41, 5.74) is 10.3. The molecule has 1 aromatic carbocycles. The Morgan fingerprint density at radius 3 is 2.92 bits per heavy atom. The maximum Gasteiger partial charge on any atom is 0.331 e. The fourth-order valence-electron chi connectivity index (χ4n) is 4.80. The van der Waals surface area contributed by atoms with Crippen LogP contribution in [-0.2, 0) is 6.42 Å². The molecule has 2 heterocycles. The number of rotatable bonds is 4. The highest BCUT2D eigenvalue weighted by atomic mass is 16.2. The molecule has 0 unspecified atom stereocenters. The molecule has 1 saturated heterocycles. The summed E-state index contributed by atoms with van der Waals surface area (Å²) in [5, 5.41) is 1.41. The van der Waals surface area contributed by atoms with Crippen LogP contribution >= 0.6 is 0 Å². The van der Waals surface area contributed by atoms with Crippen molar-refractivity contribution in [3.8, 4) is 0 Å². The summed E-state index contributed by atoms with van der Waals surface area (Å²) in [5.74, 6) is 0.489. The first kappa shape index (κ1) is 17.4. The largest absolute Gasteiger partial charge is 0.361 e. The number of nitrogens with zero attached hydrogens (tertiary/aromatic N) is 2. The molecule has 0 spiro atoms. The third-order valence-electron chi connectivity index (χ3n) is 6.16. The van der Waals surface area contributed by atoms with Gasteiger partial charge in [-0.2, -0.15) is 0 Å². The maximum absolute atomic E-state index is 12.2. The molecule has 1 aliphatic carbocycles. The van der Waals surface area contributed by atoms with Gasteiger partial charge in [-0.15, -0.1) is 0 Å². The van der Waals surface area contributed by atoms with E-state index in [4.69, 9.17) is 0 Å². The van der Waals surface area contributed by atoms with E-state index in [1.165, 1.54) is 22.0 Å². The third kappa shape index (κ3) is 2.87. The van der Waals surface area contributed by atoms with Crippen LogP contribution < -0.4 is 10.9 Å². The molecule has 0 saturated carbocycles. The fourth-order valence-corrected chi connectivity index (χ4v) is 4.80. The van der Waals surface area contributed by atoms with Crippen molar-refractivity contribution in [3.63, 3.8) is 0 Å². The van der Waals surface area contributed by atoms with Gasteiger partial charge in [-0.05, 0) is 50.9 Å². The van der Waals surface area contributed by atoms with Crippen molar-refractivity contribution in [1.82, 2.24) is 25.6 Å². The predicted molar refractivity (Wildman–Crippen MR) is 104 cm³/mol. The highest BCUT2D eigenvalue weighted by molar-refractivity contribution is 5.88. The number of carbonyl (C=O) groups is 1. The Bertz CT molecular complexity index is 797. The number of aromatic amines is 1. The van der Waals surface area contributed by atoms with Crippen molar-refractivity contribution in [2.24, 2.45) is 0 Å². The van der Waals surface area contributed by atoms with Gasteiger partial charge in [-0.3, -0.25) is 5.43 Å². The minimum absolute atomic E-state index is 0.0431. The maximum atomic E-state index is 12.2. The second kappa shape index (κ2) is 6.93. The van der Waals surface area contributed by atoms with E-state index in [1.807, 2.05) is 13.8 Å². The molecule has 2 amide bonds. The molecule has 0 bridgehead atoms. The van der Waals surface area contributed by atoms with E-state index in [-0.39, 0.29) is 12.1 Å². The number of likely N-dealkylation sites (tertiary alicyclic amines) is 1. The molecule has 6 nitrogen and oxygen atoms in total. The molecule has 26 heavy (non-hydrogen) atoms. The highest BCUT2D eigenvalue weighted by Crippen LogP contribution is 2.42. The van der Waals surface area contributed by atoms with Crippen LogP contribution in [0.3, 0.4) is 0 Å². The molecule has 6 heteroatoms. The van der Waals surface area contributed by atoms with Crippen LogP contribution in [0.15, 0.2) is 24.4 Å². The summed E-state index contributed by atoms with van der Waals surface area (Å²) in [4.78, 5) is 19.9. The first-order valence-electron chi connectivity index (χ1n) is 9.71. The van der Waals surface area contributed by atoms with Gasteiger partial charge >= 0.3 is 6.03 Å². The number of hydrogen-bond donors (Lipinski definition) is 3. The van der Waals surface area contributed by atoms with Crippen LogP contribution in [0.5, 0.6) is 0 Å². The van der Waals surface area contributed by atoms with Gasteiger partial charge in [-0.25, -0.2) is 10.2 Å². The van der Waals surface area contributed by atoms with Crippen LogP contribution in [-0.4, -0.2) is 59.6 Å². The van der Waals surface area contributed by atoms with E-state index in [1.54, 1.807) is 4.90 Å². The average molecular weight is 355 g/mol. The zero-order valence-electron chi connectivity index (χ0n) is 15.9. The SMILES string of the molecule is CCN(CC)C(=O)NN[C@H]1C[C@@H]2c3cccc4[nH]cc(c34)C[C@H]2N(C)C1. The lowest BCUT2D eigenvalue weighted by Gasteiger charge is -2.45. The smallest absolute Gasteiger partial charge is 0.331 e. The van der Waals surface area contributed by atoms with Crippen molar-refractivity contribution in [2.45, 2.75) is 44.7 Å². The number of amides is 2. The zero-order chi connectivity index (χ0) is 18.3. The van der Waals surface area contributed by atoms with Gasteiger partial charge in [0.05, 0.1) is 0 Å². The van der Waals surface area contributed by atoms with Crippen LogP contribution in [0.4, 0.5) is 4.79 Å². The minimum atomic E-state index is -0.0431. The number of hydrogen-bond acceptors (Lipinski definition) is 3. The number of urea groups is 1. The number of H-pyrrole nitrogens is 1. The van der Waals surface area contributed by atoms with Crippen LogP contribution in [0.25, 0.3) is 10.9 Å². The van der Waals surface area contributed by atoms with E-state index in [9.17, 15) is 4.79 Å². The second-order valence-electron chi connectivity index (χ2n) is 7.58. The summed E-state index contributed by atoms with van der Waals surface area (Å²) in [7, 11) is 2.20. The number of fused-ring (bicyclic) bond motifs is 2. The first-order valence-corrected chi connectivity index (χ1v) is 9.71. The Kier molecular flexibility index (Phi) is 4.63. The average Bonchev–Trinajstić information content (AvgIpc) is 3.06. The van der Waals surface area contributed by atoms with Crippen molar-refractivity contribution < 1.29 is 4.79 Å². The van der Waals surface area contributed by atoms with Crippen molar-refractivity contribution in [2.75, 3.05) is 26.7 Å².